The molecule has 3 aromatic rings. The van der Waals surface area contributed by atoms with Crippen LogP contribution in [-0.4, -0.2) is 10.8 Å². The summed E-state index contributed by atoms with van der Waals surface area (Å²) in [5.74, 6) is 0.196. The second kappa shape index (κ2) is 4.78. The number of carbonyl (C=O) groups excluding carboxylic acids is 1. The number of aromatic nitrogens is 1. The average molecular weight is 262 g/mol. The zero-order valence-electron chi connectivity index (χ0n) is 11.1. The van der Waals surface area contributed by atoms with Gasteiger partial charge < -0.3 is 5.73 Å². The quantitative estimate of drug-likeness (QED) is 0.720. The fourth-order valence-electron chi connectivity index (χ4n) is 2.35. The van der Waals surface area contributed by atoms with Crippen molar-refractivity contribution in [2.45, 2.75) is 6.92 Å². The van der Waals surface area contributed by atoms with Crippen LogP contribution in [0.2, 0.25) is 0 Å². The standard InChI is InChI=1S/C17H14N2O/c1-11-8-9-19-17(18)15(11)16(20)14-7-6-12-4-2-3-5-13(12)10-14/h2-10H,1H3,(H2,18,19). The van der Waals surface area contributed by atoms with Crippen molar-refractivity contribution in [2.24, 2.45) is 0 Å². The Bertz CT molecular complexity index is 789. The largest absolute Gasteiger partial charge is 0.383 e. The predicted octanol–water partition coefficient (Wildman–Crippen LogP) is 3.36. The molecule has 3 rings (SSSR count). The molecule has 98 valence electrons. The van der Waals surface area contributed by atoms with Gasteiger partial charge in [0.25, 0.3) is 0 Å². The summed E-state index contributed by atoms with van der Waals surface area (Å²) in [6, 6.07) is 15.4. The summed E-state index contributed by atoms with van der Waals surface area (Å²) in [5, 5.41) is 2.15. The second-order valence-corrected chi connectivity index (χ2v) is 4.78. The van der Waals surface area contributed by atoms with Crippen LogP contribution in [0.5, 0.6) is 0 Å². The minimum Gasteiger partial charge on any atom is -0.383 e. The third-order valence-electron chi connectivity index (χ3n) is 3.43. The van der Waals surface area contributed by atoms with Gasteiger partial charge in [-0.1, -0.05) is 36.4 Å². The lowest BCUT2D eigenvalue weighted by molar-refractivity contribution is 0.103. The lowest BCUT2D eigenvalue weighted by Crippen LogP contribution is -2.09. The van der Waals surface area contributed by atoms with E-state index in [-0.39, 0.29) is 11.6 Å². The van der Waals surface area contributed by atoms with E-state index in [9.17, 15) is 4.79 Å². The minimum absolute atomic E-state index is 0.0844. The van der Waals surface area contributed by atoms with Gasteiger partial charge in [-0.15, -0.1) is 0 Å². The molecule has 0 amide bonds. The molecular formula is C17H14N2O. The van der Waals surface area contributed by atoms with E-state index in [1.165, 1.54) is 0 Å². The Morgan fingerprint density at radius 2 is 1.80 bits per heavy atom. The molecule has 0 aliphatic rings. The number of nitrogens with zero attached hydrogens (tertiary/aromatic N) is 1. The number of pyridine rings is 1. The number of hydrogen-bond acceptors (Lipinski definition) is 3. The lowest BCUT2D eigenvalue weighted by atomic mass is 9.98. The minimum atomic E-state index is -0.0844. The van der Waals surface area contributed by atoms with Crippen LogP contribution in [0, 0.1) is 6.92 Å². The van der Waals surface area contributed by atoms with E-state index in [1.54, 1.807) is 12.3 Å². The summed E-state index contributed by atoms with van der Waals surface area (Å²) in [4.78, 5) is 16.6. The summed E-state index contributed by atoms with van der Waals surface area (Å²) in [7, 11) is 0. The van der Waals surface area contributed by atoms with Crippen molar-refractivity contribution in [2.75, 3.05) is 5.73 Å². The highest BCUT2D eigenvalue weighted by Gasteiger charge is 2.15. The first kappa shape index (κ1) is 12.4. The van der Waals surface area contributed by atoms with Crippen molar-refractivity contribution in [1.82, 2.24) is 4.98 Å². The number of aryl methyl sites for hydroxylation is 1. The molecule has 0 spiro atoms. The van der Waals surface area contributed by atoms with Gasteiger partial charge in [0.2, 0.25) is 0 Å². The Balaban J connectivity index is 2.13. The Hall–Kier alpha value is -2.68. The van der Waals surface area contributed by atoms with E-state index in [4.69, 9.17) is 5.73 Å². The first-order valence-corrected chi connectivity index (χ1v) is 6.41. The van der Waals surface area contributed by atoms with Crippen LogP contribution in [0.25, 0.3) is 10.8 Å². The molecule has 0 bridgehead atoms. The summed E-state index contributed by atoms with van der Waals surface area (Å²) in [6.45, 7) is 1.87. The lowest BCUT2D eigenvalue weighted by Gasteiger charge is -2.08. The van der Waals surface area contributed by atoms with Gasteiger partial charge in [0.15, 0.2) is 5.78 Å². The smallest absolute Gasteiger partial charge is 0.197 e. The molecule has 0 aliphatic heterocycles. The number of hydrogen-bond donors (Lipinski definition) is 1. The highest BCUT2D eigenvalue weighted by molar-refractivity contribution is 6.13. The molecule has 0 unspecified atom stereocenters. The van der Waals surface area contributed by atoms with Crippen LogP contribution in [0.1, 0.15) is 21.5 Å². The monoisotopic (exact) mass is 262 g/mol. The summed E-state index contributed by atoms with van der Waals surface area (Å²) in [5.41, 5.74) is 7.80. The number of rotatable bonds is 2. The fraction of sp³-hybridized carbons (Fsp3) is 0.0588. The molecule has 1 heterocycles. The summed E-state index contributed by atoms with van der Waals surface area (Å²) >= 11 is 0. The van der Waals surface area contributed by atoms with Gasteiger partial charge in [-0.05, 0) is 35.4 Å². The number of anilines is 1. The molecule has 0 aliphatic carbocycles. The van der Waals surface area contributed by atoms with Gasteiger partial charge in [-0.3, -0.25) is 4.79 Å². The van der Waals surface area contributed by atoms with Crippen LogP contribution in [0.4, 0.5) is 5.82 Å². The van der Waals surface area contributed by atoms with Crippen molar-refractivity contribution in [3.05, 3.63) is 71.4 Å². The van der Waals surface area contributed by atoms with Crippen molar-refractivity contribution in [1.29, 1.82) is 0 Å². The number of ketones is 1. The van der Waals surface area contributed by atoms with Crippen LogP contribution in [-0.2, 0) is 0 Å². The first-order chi connectivity index (χ1) is 9.66. The molecule has 0 fully saturated rings. The topological polar surface area (TPSA) is 56.0 Å². The van der Waals surface area contributed by atoms with E-state index in [0.29, 0.717) is 11.1 Å². The maximum absolute atomic E-state index is 12.6. The number of benzene rings is 2. The van der Waals surface area contributed by atoms with Crippen molar-refractivity contribution in [3.63, 3.8) is 0 Å². The molecular weight excluding hydrogens is 248 g/mol. The average Bonchev–Trinajstić information content (AvgIpc) is 2.46. The summed E-state index contributed by atoms with van der Waals surface area (Å²) in [6.07, 6.45) is 1.61. The molecule has 0 saturated heterocycles. The SMILES string of the molecule is Cc1ccnc(N)c1C(=O)c1ccc2ccccc2c1. The predicted molar refractivity (Wildman–Crippen MR) is 80.8 cm³/mol. The summed E-state index contributed by atoms with van der Waals surface area (Å²) < 4.78 is 0. The molecule has 0 radical (unpaired) electrons. The van der Waals surface area contributed by atoms with E-state index >= 15 is 0 Å². The third kappa shape index (κ3) is 2.03. The van der Waals surface area contributed by atoms with Crippen molar-refractivity contribution in [3.8, 4) is 0 Å². The molecule has 3 nitrogen and oxygen atoms in total. The van der Waals surface area contributed by atoms with Gasteiger partial charge in [-0.25, -0.2) is 4.98 Å². The Morgan fingerprint density at radius 3 is 2.55 bits per heavy atom. The molecule has 3 heteroatoms. The fourth-order valence-corrected chi connectivity index (χ4v) is 2.35. The zero-order valence-corrected chi connectivity index (χ0v) is 11.1. The van der Waals surface area contributed by atoms with Gasteiger partial charge in [0, 0.05) is 11.8 Å². The zero-order chi connectivity index (χ0) is 14.1. The second-order valence-electron chi connectivity index (χ2n) is 4.78. The van der Waals surface area contributed by atoms with E-state index < -0.39 is 0 Å². The molecule has 0 atom stereocenters. The van der Waals surface area contributed by atoms with Crippen LogP contribution >= 0.6 is 0 Å². The number of carbonyl (C=O) groups is 1. The molecule has 0 saturated carbocycles. The number of nitrogens with two attached hydrogens (primary N) is 1. The highest BCUT2D eigenvalue weighted by atomic mass is 16.1. The van der Waals surface area contributed by atoms with Crippen molar-refractivity contribution >= 4 is 22.4 Å². The van der Waals surface area contributed by atoms with E-state index in [0.717, 1.165) is 16.3 Å². The Morgan fingerprint density at radius 1 is 1.05 bits per heavy atom. The normalized spacial score (nSPS) is 10.7. The molecule has 1 aromatic heterocycles. The van der Waals surface area contributed by atoms with E-state index in [2.05, 4.69) is 4.98 Å². The molecule has 20 heavy (non-hydrogen) atoms. The third-order valence-corrected chi connectivity index (χ3v) is 3.43. The first-order valence-electron chi connectivity index (χ1n) is 6.41. The van der Waals surface area contributed by atoms with Crippen molar-refractivity contribution < 1.29 is 4.79 Å². The Labute approximate surface area is 117 Å². The maximum Gasteiger partial charge on any atom is 0.197 e. The highest BCUT2D eigenvalue weighted by Crippen LogP contribution is 2.21. The van der Waals surface area contributed by atoms with Gasteiger partial charge in [-0.2, -0.15) is 0 Å². The van der Waals surface area contributed by atoms with Gasteiger partial charge in [0.1, 0.15) is 5.82 Å². The molecule has 2 aromatic carbocycles. The van der Waals surface area contributed by atoms with Gasteiger partial charge in [0.05, 0.1) is 5.56 Å². The van der Waals surface area contributed by atoms with Crippen LogP contribution in [0.15, 0.2) is 54.7 Å². The van der Waals surface area contributed by atoms with E-state index in [1.807, 2.05) is 49.4 Å². The van der Waals surface area contributed by atoms with Gasteiger partial charge >= 0.3 is 0 Å². The molecule has 2 N–H and O–H groups in total. The number of nitrogen functional groups attached to an aromatic ring is 1. The van der Waals surface area contributed by atoms with Crippen LogP contribution < -0.4 is 5.73 Å². The van der Waals surface area contributed by atoms with Crippen LogP contribution in [0.3, 0.4) is 0 Å². The maximum atomic E-state index is 12.6. The Kier molecular flexibility index (Phi) is 2.95. The number of fused-ring (bicyclic) bond motifs is 1.